The van der Waals surface area contributed by atoms with Crippen LogP contribution in [-0.2, 0) is 6.54 Å². The number of halogens is 2. The van der Waals surface area contributed by atoms with Gasteiger partial charge < -0.3 is 9.84 Å². The number of rotatable bonds is 6. The fraction of sp³-hybridized carbons (Fsp3) is 0.294. The lowest BCUT2D eigenvalue weighted by molar-refractivity contribution is 0.123. The number of nitrogens with zero attached hydrogens (tertiary/aromatic N) is 1. The number of aliphatic hydroxyl groups excluding tert-OH is 1. The maximum Gasteiger partial charge on any atom is 0.123 e. The Morgan fingerprint density at radius 3 is 2.55 bits per heavy atom. The molecule has 0 aliphatic carbocycles. The topological polar surface area (TPSA) is 32.7 Å². The summed E-state index contributed by atoms with van der Waals surface area (Å²) in [6, 6.07) is 13.2. The fourth-order valence-electron chi connectivity index (χ4n) is 2.31. The Balaban J connectivity index is 2.02. The summed E-state index contributed by atoms with van der Waals surface area (Å²) in [7, 11) is 3.63. The molecule has 0 aliphatic rings. The minimum Gasteiger partial charge on any atom is -0.496 e. The Morgan fingerprint density at radius 2 is 1.91 bits per heavy atom. The SMILES string of the molecule is COc1ccc(Br)cc1CN(C)C[C@@H](O)c1ccc(Cl)cc1. The Hall–Kier alpha value is -1.07. The lowest BCUT2D eigenvalue weighted by Gasteiger charge is -2.22. The van der Waals surface area contributed by atoms with Gasteiger partial charge in [0.25, 0.3) is 0 Å². The largest absolute Gasteiger partial charge is 0.496 e. The van der Waals surface area contributed by atoms with Gasteiger partial charge in [-0.3, -0.25) is 4.90 Å². The van der Waals surface area contributed by atoms with E-state index in [1.165, 1.54) is 0 Å². The van der Waals surface area contributed by atoms with E-state index in [4.69, 9.17) is 16.3 Å². The third-order valence-corrected chi connectivity index (χ3v) is 4.17. The molecule has 2 rings (SSSR count). The normalized spacial score (nSPS) is 12.5. The summed E-state index contributed by atoms with van der Waals surface area (Å²) in [5, 5.41) is 11.0. The van der Waals surface area contributed by atoms with Crippen molar-refractivity contribution in [1.82, 2.24) is 4.90 Å². The van der Waals surface area contributed by atoms with Crippen molar-refractivity contribution in [3.63, 3.8) is 0 Å². The molecule has 0 aliphatic heterocycles. The van der Waals surface area contributed by atoms with Crippen molar-refractivity contribution in [2.75, 3.05) is 20.7 Å². The summed E-state index contributed by atoms with van der Waals surface area (Å²) >= 11 is 9.34. The highest BCUT2D eigenvalue weighted by molar-refractivity contribution is 9.10. The number of hydrogen-bond acceptors (Lipinski definition) is 3. The van der Waals surface area contributed by atoms with E-state index < -0.39 is 6.10 Å². The molecular formula is C17H19BrClNO2. The predicted octanol–water partition coefficient (Wildman–Crippen LogP) is 4.28. The average Bonchev–Trinajstić information content (AvgIpc) is 2.48. The third kappa shape index (κ3) is 4.71. The van der Waals surface area contributed by atoms with Crippen molar-refractivity contribution in [1.29, 1.82) is 0 Å². The summed E-state index contributed by atoms with van der Waals surface area (Å²) in [6.45, 7) is 1.21. The summed E-state index contributed by atoms with van der Waals surface area (Å²) in [5.41, 5.74) is 1.93. The maximum absolute atomic E-state index is 10.3. The lowest BCUT2D eigenvalue weighted by Crippen LogP contribution is -2.24. The highest BCUT2D eigenvalue weighted by Gasteiger charge is 2.13. The van der Waals surface area contributed by atoms with E-state index in [0.717, 1.165) is 21.3 Å². The zero-order valence-electron chi connectivity index (χ0n) is 12.6. The van der Waals surface area contributed by atoms with Crippen molar-refractivity contribution in [3.8, 4) is 5.75 Å². The molecule has 2 aromatic rings. The first-order valence-electron chi connectivity index (χ1n) is 6.94. The minimum absolute atomic E-state index is 0.525. The first-order valence-corrected chi connectivity index (χ1v) is 8.11. The quantitative estimate of drug-likeness (QED) is 0.807. The summed E-state index contributed by atoms with van der Waals surface area (Å²) in [4.78, 5) is 2.06. The standard InChI is InChI=1S/C17H19BrClNO2/c1-20(10-13-9-14(18)5-8-17(13)22-2)11-16(21)12-3-6-15(19)7-4-12/h3-9,16,21H,10-11H2,1-2H3/t16-/m1/s1. The summed E-state index contributed by atoms with van der Waals surface area (Å²) < 4.78 is 6.39. The zero-order chi connectivity index (χ0) is 16.1. The van der Waals surface area contributed by atoms with Crippen molar-refractivity contribution in [2.24, 2.45) is 0 Å². The molecule has 0 saturated carbocycles. The molecule has 0 unspecified atom stereocenters. The Labute approximate surface area is 144 Å². The van der Waals surface area contributed by atoms with Gasteiger partial charge in [0.1, 0.15) is 5.75 Å². The molecule has 0 saturated heterocycles. The van der Waals surface area contributed by atoms with Gasteiger partial charge in [0, 0.05) is 28.1 Å². The van der Waals surface area contributed by atoms with Crippen LogP contribution in [0.3, 0.4) is 0 Å². The molecule has 0 aromatic heterocycles. The number of aliphatic hydroxyl groups is 1. The van der Waals surface area contributed by atoms with Crippen LogP contribution in [0, 0.1) is 0 Å². The molecular weight excluding hydrogens is 366 g/mol. The molecule has 0 heterocycles. The van der Waals surface area contributed by atoms with Crippen LogP contribution in [0.1, 0.15) is 17.2 Å². The Kier molecular flexibility index (Phi) is 6.26. The van der Waals surface area contributed by atoms with Crippen LogP contribution in [0.4, 0.5) is 0 Å². The second-order valence-electron chi connectivity index (χ2n) is 5.22. The van der Waals surface area contributed by atoms with Crippen LogP contribution in [0.15, 0.2) is 46.9 Å². The monoisotopic (exact) mass is 383 g/mol. The van der Waals surface area contributed by atoms with E-state index >= 15 is 0 Å². The lowest BCUT2D eigenvalue weighted by atomic mass is 10.1. The average molecular weight is 385 g/mol. The van der Waals surface area contributed by atoms with Gasteiger partial charge in [-0.25, -0.2) is 0 Å². The molecule has 5 heteroatoms. The smallest absolute Gasteiger partial charge is 0.123 e. The molecule has 1 N–H and O–H groups in total. The number of methoxy groups -OCH3 is 1. The van der Waals surface area contributed by atoms with Gasteiger partial charge in [-0.15, -0.1) is 0 Å². The van der Waals surface area contributed by atoms with Crippen LogP contribution in [-0.4, -0.2) is 30.7 Å². The maximum atomic E-state index is 10.3. The Bertz CT molecular complexity index is 619. The second kappa shape index (κ2) is 7.97. The number of hydrogen-bond donors (Lipinski definition) is 1. The van der Waals surface area contributed by atoms with Gasteiger partial charge in [0.05, 0.1) is 13.2 Å². The van der Waals surface area contributed by atoms with Gasteiger partial charge in [0.2, 0.25) is 0 Å². The van der Waals surface area contributed by atoms with E-state index in [1.54, 1.807) is 19.2 Å². The van der Waals surface area contributed by atoms with Gasteiger partial charge in [-0.05, 0) is 42.9 Å². The predicted molar refractivity (Wildman–Crippen MR) is 93.4 cm³/mol. The molecule has 0 radical (unpaired) electrons. The van der Waals surface area contributed by atoms with Gasteiger partial charge in [0.15, 0.2) is 0 Å². The molecule has 118 valence electrons. The van der Waals surface area contributed by atoms with Crippen molar-refractivity contribution in [3.05, 3.63) is 63.1 Å². The molecule has 22 heavy (non-hydrogen) atoms. The minimum atomic E-state index is -0.555. The molecule has 3 nitrogen and oxygen atoms in total. The third-order valence-electron chi connectivity index (χ3n) is 3.42. The van der Waals surface area contributed by atoms with Crippen molar-refractivity contribution in [2.45, 2.75) is 12.6 Å². The summed E-state index contributed by atoms with van der Waals surface area (Å²) in [5.74, 6) is 0.844. The molecule has 0 spiro atoms. The van der Waals surface area contributed by atoms with Crippen molar-refractivity contribution >= 4 is 27.5 Å². The van der Waals surface area contributed by atoms with Crippen molar-refractivity contribution < 1.29 is 9.84 Å². The van der Waals surface area contributed by atoms with E-state index in [0.29, 0.717) is 18.1 Å². The molecule has 0 fully saturated rings. The highest BCUT2D eigenvalue weighted by atomic mass is 79.9. The number of benzene rings is 2. The van der Waals surface area contributed by atoms with E-state index in [9.17, 15) is 5.11 Å². The molecule has 0 bridgehead atoms. The summed E-state index contributed by atoms with van der Waals surface area (Å²) in [6.07, 6.45) is -0.555. The number of ether oxygens (including phenoxy) is 1. The first-order chi connectivity index (χ1) is 10.5. The molecule has 1 atom stereocenters. The first kappa shape index (κ1) is 17.3. The highest BCUT2D eigenvalue weighted by Crippen LogP contribution is 2.25. The van der Waals surface area contributed by atoms with Gasteiger partial charge >= 0.3 is 0 Å². The van der Waals surface area contributed by atoms with E-state index in [-0.39, 0.29) is 0 Å². The van der Waals surface area contributed by atoms with E-state index in [1.807, 2.05) is 37.4 Å². The second-order valence-corrected chi connectivity index (χ2v) is 6.57. The number of likely N-dealkylation sites (N-methyl/N-ethyl adjacent to an activating group) is 1. The molecule has 2 aromatic carbocycles. The van der Waals surface area contributed by atoms with Crippen LogP contribution >= 0.6 is 27.5 Å². The van der Waals surface area contributed by atoms with Crippen LogP contribution in [0.2, 0.25) is 5.02 Å². The molecule has 0 amide bonds. The van der Waals surface area contributed by atoms with Crippen LogP contribution in [0.25, 0.3) is 0 Å². The van der Waals surface area contributed by atoms with Gasteiger partial charge in [-0.2, -0.15) is 0 Å². The fourth-order valence-corrected chi connectivity index (χ4v) is 2.85. The van der Waals surface area contributed by atoms with Crippen LogP contribution in [0.5, 0.6) is 5.75 Å². The zero-order valence-corrected chi connectivity index (χ0v) is 14.9. The van der Waals surface area contributed by atoms with Crippen LogP contribution < -0.4 is 4.74 Å². The Morgan fingerprint density at radius 1 is 1.23 bits per heavy atom. The van der Waals surface area contributed by atoms with E-state index in [2.05, 4.69) is 20.8 Å². The van der Waals surface area contributed by atoms with Gasteiger partial charge in [-0.1, -0.05) is 39.7 Å².